The molecular weight excluding hydrogens is 78.0 g/mol. The molecule has 33 valence electrons. The zero-order chi connectivity index (χ0) is 4.83. The quantitative estimate of drug-likeness (QED) is 0.213. The van der Waals surface area contributed by atoms with Crippen LogP contribution in [0.1, 0.15) is 0 Å². The monoisotopic (exact) mass is 84.0 g/mol. The third kappa shape index (κ3) is 3.21. The predicted octanol–water partition coefficient (Wildman–Crippen LogP) is 0.682. The molecule has 0 saturated heterocycles. The fourth-order valence-corrected chi connectivity index (χ4v) is 0.0957. The maximum absolute atomic E-state index is 4.57. The van der Waals surface area contributed by atoms with E-state index in [1.54, 1.807) is 6.08 Å². The molecule has 0 aliphatic heterocycles. The Kier molecular flexibility index (Phi) is 3.66. The molecule has 0 aliphatic rings. The maximum Gasteiger partial charge on any atom is 0.135 e. The van der Waals surface area contributed by atoms with Gasteiger partial charge in [-0.15, -0.1) is 0 Å². The van der Waals surface area contributed by atoms with E-state index in [1.807, 2.05) is 0 Å². The second-order valence-corrected chi connectivity index (χ2v) is 0.690. The van der Waals surface area contributed by atoms with Crippen molar-refractivity contribution in [3.05, 3.63) is 12.7 Å². The summed E-state index contributed by atoms with van der Waals surface area (Å²) >= 11 is 0. The fraction of sp³-hybridized carbons (Fsp3) is 0.250. The molecule has 0 bridgehead atoms. The molecule has 0 aromatic rings. The van der Waals surface area contributed by atoms with Gasteiger partial charge in [-0.05, 0) is 0 Å². The third-order valence-corrected chi connectivity index (χ3v) is 0.267. The predicted molar refractivity (Wildman–Crippen MR) is 24.6 cm³/mol. The van der Waals surface area contributed by atoms with Crippen LogP contribution in [0.3, 0.4) is 0 Å². The second-order valence-electron chi connectivity index (χ2n) is 0.690. The zero-order valence-electron chi connectivity index (χ0n) is 3.42. The molecule has 0 aliphatic carbocycles. The first-order chi connectivity index (χ1) is 2.91. The van der Waals surface area contributed by atoms with Crippen molar-refractivity contribution in [2.24, 2.45) is 5.16 Å². The molecule has 2 nitrogen and oxygen atoms in total. The third-order valence-electron chi connectivity index (χ3n) is 0.267. The molecule has 0 amide bonds. The molecule has 0 unspecified atom stereocenters. The van der Waals surface area contributed by atoms with Crippen molar-refractivity contribution >= 4 is 6.72 Å². The lowest BCUT2D eigenvalue weighted by molar-refractivity contribution is 0.178. The van der Waals surface area contributed by atoms with E-state index < -0.39 is 0 Å². The minimum atomic E-state index is 0.385. The van der Waals surface area contributed by atoms with Gasteiger partial charge in [0.05, 0.1) is 6.72 Å². The topological polar surface area (TPSA) is 21.6 Å². The van der Waals surface area contributed by atoms with Crippen LogP contribution < -0.4 is 0 Å². The second kappa shape index (κ2) is 4.21. The molecule has 0 atom stereocenters. The molecule has 0 saturated carbocycles. The normalized spacial score (nSPS) is 6.67. The van der Waals surface area contributed by atoms with Crippen molar-refractivity contribution in [2.45, 2.75) is 0 Å². The first-order valence-corrected chi connectivity index (χ1v) is 1.55. The average Bonchev–Trinajstić information content (AvgIpc) is 1.61. The van der Waals surface area contributed by atoms with Crippen molar-refractivity contribution in [3.8, 4) is 0 Å². The van der Waals surface area contributed by atoms with Crippen LogP contribution in [-0.2, 0) is 4.84 Å². The van der Waals surface area contributed by atoms with Crippen LogP contribution >= 0.6 is 0 Å². The molecule has 0 aromatic carbocycles. The highest BCUT2D eigenvalue weighted by atomic mass is 16.6. The molecule has 6 heavy (non-hydrogen) atoms. The summed E-state index contributed by atoms with van der Waals surface area (Å²) in [5.41, 5.74) is 0. The number of rotatable bonds is 3. The van der Waals surface area contributed by atoms with Gasteiger partial charge in [0, 0.05) is 0 Å². The van der Waals surface area contributed by atoms with E-state index in [2.05, 4.69) is 23.3 Å². The van der Waals surface area contributed by atoms with Gasteiger partial charge in [-0.2, -0.15) is 0 Å². The Bertz CT molecular complexity index is 43.5. The summed E-state index contributed by atoms with van der Waals surface area (Å²) in [4.78, 5) is 4.27. The van der Waals surface area contributed by atoms with Gasteiger partial charge in [-0.25, -0.2) is 0 Å². The van der Waals surface area contributed by atoms with Gasteiger partial charge < -0.3 is 4.84 Å². The Morgan fingerprint density at radius 3 is 2.83 bits per heavy atom. The summed E-state index contributed by atoms with van der Waals surface area (Å²) in [6.07, 6.45) is 1.57. The Morgan fingerprint density at radius 2 is 2.67 bits per heavy atom. The van der Waals surface area contributed by atoms with Crippen molar-refractivity contribution in [1.82, 2.24) is 0 Å². The first kappa shape index (κ1) is 5.21. The molecule has 0 rings (SSSR count). The molecule has 1 radical (unpaired) electrons. The maximum atomic E-state index is 4.57. The summed E-state index contributed by atoms with van der Waals surface area (Å²) in [6, 6.07) is 0. The number of hydrogen-bond donors (Lipinski definition) is 0. The standard InChI is InChI=1S/C4H6NO/c1-3-4-6-5-2/h2-3H,1,4H2. The Labute approximate surface area is 37.1 Å². The summed E-state index contributed by atoms with van der Waals surface area (Å²) in [5.74, 6) is 0. The highest BCUT2D eigenvalue weighted by Gasteiger charge is 1.63. The van der Waals surface area contributed by atoms with Crippen LogP contribution in [0.15, 0.2) is 17.8 Å². The lowest BCUT2D eigenvalue weighted by atomic mass is 10.7. The summed E-state index contributed by atoms with van der Waals surface area (Å²) in [5, 5.41) is 2.85. The largest absolute Gasteiger partial charge is 0.392 e. The van der Waals surface area contributed by atoms with Crippen LogP contribution in [0.2, 0.25) is 0 Å². The van der Waals surface area contributed by atoms with Crippen LogP contribution in [0.5, 0.6) is 0 Å². The van der Waals surface area contributed by atoms with Gasteiger partial charge >= 0.3 is 0 Å². The first-order valence-electron chi connectivity index (χ1n) is 1.55. The van der Waals surface area contributed by atoms with Crippen LogP contribution in [0, 0.1) is 0 Å². The minimum absolute atomic E-state index is 0.385. The van der Waals surface area contributed by atoms with Crippen LogP contribution in [-0.4, -0.2) is 13.3 Å². The Balaban J connectivity index is 2.66. The van der Waals surface area contributed by atoms with Crippen LogP contribution in [0.4, 0.5) is 0 Å². The van der Waals surface area contributed by atoms with Crippen molar-refractivity contribution in [2.75, 3.05) is 6.61 Å². The molecule has 0 spiro atoms. The van der Waals surface area contributed by atoms with Gasteiger partial charge in [0.15, 0.2) is 0 Å². The van der Waals surface area contributed by atoms with Gasteiger partial charge in [0.25, 0.3) is 0 Å². The molecule has 0 N–H and O–H groups in total. The van der Waals surface area contributed by atoms with E-state index in [4.69, 9.17) is 0 Å². The SMILES string of the molecule is [CH]=NOCC=C. The van der Waals surface area contributed by atoms with E-state index in [0.29, 0.717) is 6.61 Å². The van der Waals surface area contributed by atoms with Gasteiger partial charge in [-0.1, -0.05) is 17.8 Å². The van der Waals surface area contributed by atoms with E-state index in [1.165, 1.54) is 0 Å². The fourth-order valence-electron chi connectivity index (χ4n) is 0.0957. The molecule has 0 fully saturated rings. The molecule has 0 heterocycles. The number of hydrogen-bond acceptors (Lipinski definition) is 2. The van der Waals surface area contributed by atoms with Gasteiger partial charge in [-0.3, -0.25) is 0 Å². The Hall–Kier alpha value is -0.790. The van der Waals surface area contributed by atoms with Crippen molar-refractivity contribution in [1.29, 1.82) is 0 Å². The van der Waals surface area contributed by atoms with E-state index in [0.717, 1.165) is 0 Å². The highest BCUT2D eigenvalue weighted by molar-refractivity contribution is 5.21. The lowest BCUT2D eigenvalue weighted by Crippen LogP contribution is -1.75. The summed E-state index contributed by atoms with van der Waals surface area (Å²) < 4.78 is 0. The average molecular weight is 84.1 g/mol. The van der Waals surface area contributed by atoms with E-state index in [-0.39, 0.29) is 0 Å². The van der Waals surface area contributed by atoms with Gasteiger partial charge in [0.2, 0.25) is 0 Å². The minimum Gasteiger partial charge on any atom is -0.392 e. The van der Waals surface area contributed by atoms with Crippen molar-refractivity contribution < 1.29 is 4.84 Å². The van der Waals surface area contributed by atoms with Crippen LogP contribution in [0.25, 0.3) is 0 Å². The molecule has 2 heteroatoms. The van der Waals surface area contributed by atoms with E-state index >= 15 is 0 Å². The summed E-state index contributed by atoms with van der Waals surface area (Å²) in [6.45, 7) is 8.31. The Morgan fingerprint density at radius 1 is 2.00 bits per heavy atom. The van der Waals surface area contributed by atoms with Crippen molar-refractivity contribution in [3.63, 3.8) is 0 Å². The lowest BCUT2D eigenvalue weighted by Gasteiger charge is -1.83. The zero-order valence-corrected chi connectivity index (χ0v) is 3.42. The smallest absolute Gasteiger partial charge is 0.135 e. The van der Waals surface area contributed by atoms with E-state index in [9.17, 15) is 0 Å². The molecule has 0 aromatic heterocycles. The number of nitrogens with zero attached hydrogens (tertiary/aromatic N) is 1. The summed E-state index contributed by atoms with van der Waals surface area (Å²) in [7, 11) is 0. The highest BCUT2D eigenvalue weighted by Crippen LogP contribution is 1.69. The molecular formula is C4H6NO. The van der Waals surface area contributed by atoms with Gasteiger partial charge in [0.1, 0.15) is 6.61 Å².